The van der Waals surface area contributed by atoms with Crippen LogP contribution in [0.5, 0.6) is 0 Å². The fraction of sp³-hybridized carbons (Fsp3) is 0.500. The van der Waals surface area contributed by atoms with Crippen LogP contribution < -0.4 is 10.6 Å². The summed E-state index contributed by atoms with van der Waals surface area (Å²) in [7, 11) is 0. The van der Waals surface area contributed by atoms with E-state index >= 15 is 0 Å². The van der Waals surface area contributed by atoms with Crippen LogP contribution in [0, 0.1) is 0 Å². The van der Waals surface area contributed by atoms with E-state index < -0.39 is 23.6 Å². The molecule has 1 aliphatic heterocycles. The molecule has 0 aliphatic carbocycles. The zero-order valence-corrected chi connectivity index (χ0v) is 13.0. The van der Waals surface area contributed by atoms with Crippen molar-refractivity contribution in [3.8, 4) is 0 Å². The second kappa shape index (κ2) is 8.14. The van der Waals surface area contributed by atoms with Crippen molar-refractivity contribution >= 4 is 11.8 Å². The van der Waals surface area contributed by atoms with Crippen molar-refractivity contribution in [3.05, 3.63) is 35.4 Å². The largest absolute Gasteiger partial charge is 0.416 e. The summed E-state index contributed by atoms with van der Waals surface area (Å²) < 4.78 is 43.1. The van der Waals surface area contributed by atoms with Gasteiger partial charge in [0.2, 0.25) is 0 Å². The number of benzene rings is 1. The van der Waals surface area contributed by atoms with Gasteiger partial charge in [0.05, 0.1) is 11.7 Å². The third-order valence-electron chi connectivity index (χ3n) is 3.67. The molecule has 8 heteroatoms. The molecule has 1 atom stereocenters. The molecule has 2 amide bonds. The van der Waals surface area contributed by atoms with Crippen LogP contribution in [-0.2, 0) is 26.9 Å². The summed E-state index contributed by atoms with van der Waals surface area (Å²) in [5, 5.41) is 4.87. The van der Waals surface area contributed by atoms with Gasteiger partial charge >= 0.3 is 18.0 Å². The standard InChI is InChI=1S/C16H19F3N2O3/c17-16(18,19)12-4-1-3-11(9-12)6-7-20-14(22)15(23)21-10-13-5-2-8-24-13/h1,3-4,9,13H,2,5-8,10H2,(H,20,22)(H,21,23)/t13-/m0/s1. The first-order valence-electron chi connectivity index (χ1n) is 7.70. The van der Waals surface area contributed by atoms with Gasteiger partial charge in [-0.15, -0.1) is 0 Å². The lowest BCUT2D eigenvalue weighted by atomic mass is 10.1. The maximum atomic E-state index is 12.6. The van der Waals surface area contributed by atoms with Crippen molar-refractivity contribution in [2.45, 2.75) is 31.5 Å². The predicted molar refractivity (Wildman–Crippen MR) is 80.1 cm³/mol. The third-order valence-corrected chi connectivity index (χ3v) is 3.67. The fourth-order valence-corrected chi connectivity index (χ4v) is 2.40. The van der Waals surface area contributed by atoms with E-state index in [9.17, 15) is 22.8 Å². The molecular formula is C16H19F3N2O3. The number of carbonyl (C=O) groups is 2. The van der Waals surface area contributed by atoms with Crippen molar-refractivity contribution in [1.82, 2.24) is 10.6 Å². The van der Waals surface area contributed by atoms with Gasteiger partial charge in [0.25, 0.3) is 0 Å². The molecule has 1 heterocycles. The Bertz CT molecular complexity index is 584. The number of nitrogens with one attached hydrogen (secondary N) is 2. The zero-order chi connectivity index (χ0) is 17.6. The van der Waals surface area contributed by atoms with Crippen molar-refractivity contribution in [2.24, 2.45) is 0 Å². The minimum Gasteiger partial charge on any atom is -0.376 e. The second-order valence-corrected chi connectivity index (χ2v) is 5.55. The van der Waals surface area contributed by atoms with Crippen LogP contribution in [0.1, 0.15) is 24.0 Å². The van der Waals surface area contributed by atoms with Crippen molar-refractivity contribution in [1.29, 1.82) is 0 Å². The Labute approximate surface area is 137 Å². The van der Waals surface area contributed by atoms with Gasteiger partial charge in [0.15, 0.2) is 0 Å². The summed E-state index contributed by atoms with van der Waals surface area (Å²) in [5.74, 6) is -1.57. The number of halogens is 3. The molecule has 2 rings (SSSR count). The van der Waals surface area contributed by atoms with Crippen LogP contribution in [-0.4, -0.2) is 37.6 Å². The minimum absolute atomic E-state index is 0.0631. The molecule has 0 unspecified atom stereocenters. The number of amides is 2. The van der Waals surface area contributed by atoms with Crippen molar-refractivity contribution in [3.63, 3.8) is 0 Å². The molecule has 0 spiro atoms. The monoisotopic (exact) mass is 344 g/mol. The van der Waals surface area contributed by atoms with E-state index in [1.165, 1.54) is 6.07 Å². The Hall–Kier alpha value is -2.09. The van der Waals surface area contributed by atoms with Gasteiger partial charge in [-0.3, -0.25) is 9.59 Å². The highest BCUT2D eigenvalue weighted by Gasteiger charge is 2.30. The Morgan fingerprint density at radius 2 is 1.96 bits per heavy atom. The molecule has 1 aromatic rings. The predicted octanol–water partition coefficient (Wildman–Crippen LogP) is 1.66. The highest BCUT2D eigenvalue weighted by Crippen LogP contribution is 2.29. The van der Waals surface area contributed by atoms with E-state index in [1.807, 2.05) is 0 Å². The quantitative estimate of drug-likeness (QED) is 0.799. The normalized spacial score (nSPS) is 17.5. The van der Waals surface area contributed by atoms with Crippen LogP contribution in [0.25, 0.3) is 0 Å². The molecule has 1 saturated heterocycles. The SMILES string of the molecule is O=C(NCCc1cccc(C(F)(F)F)c1)C(=O)NC[C@@H]1CCCO1. The Morgan fingerprint density at radius 1 is 1.21 bits per heavy atom. The molecular weight excluding hydrogens is 325 g/mol. The van der Waals surface area contributed by atoms with E-state index in [0.29, 0.717) is 12.2 Å². The van der Waals surface area contributed by atoms with Crippen LogP contribution in [0.4, 0.5) is 13.2 Å². The van der Waals surface area contributed by atoms with Gasteiger partial charge in [-0.2, -0.15) is 13.2 Å². The molecule has 5 nitrogen and oxygen atoms in total. The van der Waals surface area contributed by atoms with Gasteiger partial charge in [-0.1, -0.05) is 18.2 Å². The maximum Gasteiger partial charge on any atom is 0.416 e. The van der Waals surface area contributed by atoms with E-state index in [-0.39, 0.29) is 25.6 Å². The highest BCUT2D eigenvalue weighted by molar-refractivity contribution is 6.35. The summed E-state index contributed by atoms with van der Waals surface area (Å²) in [5.41, 5.74) is -0.300. The van der Waals surface area contributed by atoms with Crippen LogP contribution in [0.2, 0.25) is 0 Å². The molecule has 0 bridgehead atoms. The van der Waals surface area contributed by atoms with Gasteiger partial charge in [0.1, 0.15) is 0 Å². The second-order valence-electron chi connectivity index (χ2n) is 5.55. The first-order valence-corrected chi connectivity index (χ1v) is 7.70. The van der Waals surface area contributed by atoms with Crippen LogP contribution in [0.15, 0.2) is 24.3 Å². The number of carbonyl (C=O) groups excluding carboxylic acids is 2. The van der Waals surface area contributed by atoms with Gasteiger partial charge in [0, 0.05) is 19.7 Å². The lowest BCUT2D eigenvalue weighted by Gasteiger charge is -2.11. The molecule has 0 saturated carbocycles. The molecule has 2 N–H and O–H groups in total. The molecule has 1 fully saturated rings. The number of hydrogen-bond donors (Lipinski definition) is 2. The van der Waals surface area contributed by atoms with Crippen molar-refractivity contribution < 1.29 is 27.5 Å². The van der Waals surface area contributed by atoms with E-state index in [2.05, 4.69) is 10.6 Å². The van der Waals surface area contributed by atoms with Crippen LogP contribution >= 0.6 is 0 Å². The minimum atomic E-state index is -4.40. The zero-order valence-electron chi connectivity index (χ0n) is 13.0. The maximum absolute atomic E-state index is 12.6. The molecule has 132 valence electrons. The highest BCUT2D eigenvalue weighted by atomic mass is 19.4. The third kappa shape index (κ3) is 5.52. The number of alkyl halides is 3. The Morgan fingerprint density at radius 3 is 2.62 bits per heavy atom. The topological polar surface area (TPSA) is 67.4 Å². The Kier molecular flexibility index (Phi) is 6.19. The smallest absolute Gasteiger partial charge is 0.376 e. The molecule has 24 heavy (non-hydrogen) atoms. The number of hydrogen-bond acceptors (Lipinski definition) is 3. The summed E-state index contributed by atoms with van der Waals surface area (Å²) in [6.07, 6.45) is -2.48. The summed E-state index contributed by atoms with van der Waals surface area (Å²) in [6.45, 7) is 1.01. The molecule has 0 aromatic heterocycles. The fourth-order valence-electron chi connectivity index (χ4n) is 2.40. The summed E-state index contributed by atoms with van der Waals surface area (Å²) in [6, 6.07) is 4.87. The molecule has 1 aromatic carbocycles. The first kappa shape index (κ1) is 18.3. The summed E-state index contributed by atoms with van der Waals surface area (Å²) in [4.78, 5) is 23.2. The lowest BCUT2D eigenvalue weighted by molar-refractivity contribution is -0.139. The average Bonchev–Trinajstić information content (AvgIpc) is 3.05. The van der Waals surface area contributed by atoms with Crippen molar-refractivity contribution in [2.75, 3.05) is 19.7 Å². The average molecular weight is 344 g/mol. The van der Waals surface area contributed by atoms with Gasteiger partial charge in [-0.05, 0) is 30.9 Å². The lowest BCUT2D eigenvalue weighted by Crippen LogP contribution is -2.43. The molecule has 1 aliphatic rings. The molecule has 0 radical (unpaired) electrons. The first-order chi connectivity index (χ1) is 11.4. The number of rotatable bonds is 5. The van der Waals surface area contributed by atoms with Crippen LogP contribution in [0.3, 0.4) is 0 Å². The number of ether oxygens (including phenoxy) is 1. The summed E-state index contributed by atoms with van der Waals surface area (Å²) >= 11 is 0. The van der Waals surface area contributed by atoms with E-state index in [0.717, 1.165) is 25.0 Å². The van der Waals surface area contributed by atoms with E-state index in [1.54, 1.807) is 6.07 Å². The Balaban J connectivity index is 1.72. The van der Waals surface area contributed by atoms with Gasteiger partial charge < -0.3 is 15.4 Å². The van der Waals surface area contributed by atoms with E-state index in [4.69, 9.17) is 4.74 Å². The van der Waals surface area contributed by atoms with Gasteiger partial charge in [-0.25, -0.2) is 0 Å².